The summed E-state index contributed by atoms with van der Waals surface area (Å²) in [4.78, 5) is 19.4. The highest BCUT2D eigenvalue weighted by Crippen LogP contribution is 2.34. The van der Waals surface area contributed by atoms with Gasteiger partial charge in [-0.25, -0.2) is 4.98 Å². The van der Waals surface area contributed by atoms with Gasteiger partial charge in [0, 0.05) is 37.1 Å². The molecule has 0 aliphatic carbocycles. The third-order valence-electron chi connectivity index (χ3n) is 6.51. The van der Waals surface area contributed by atoms with Gasteiger partial charge in [0.2, 0.25) is 0 Å². The summed E-state index contributed by atoms with van der Waals surface area (Å²) in [6.07, 6.45) is 0. The van der Waals surface area contributed by atoms with Crippen LogP contribution in [-0.2, 0) is 19.0 Å². The number of aromatic nitrogens is 4. The highest BCUT2D eigenvalue weighted by Gasteiger charge is 2.32. The van der Waals surface area contributed by atoms with Gasteiger partial charge in [0.05, 0.1) is 12.1 Å². The molecule has 1 aromatic carbocycles. The van der Waals surface area contributed by atoms with Crippen LogP contribution in [0.5, 0.6) is 0 Å². The number of imidazole rings is 1. The van der Waals surface area contributed by atoms with Crippen LogP contribution in [-0.4, -0.2) is 56.7 Å². The van der Waals surface area contributed by atoms with Crippen LogP contribution in [0.2, 0.25) is 10.2 Å². The molecule has 8 nitrogen and oxygen atoms in total. The molecule has 0 saturated carbocycles. The number of likely N-dealkylation sites (N-methyl/N-ethyl adjacent to an activating group) is 1. The standard InChI is InChI=1S/C23H31Cl2N7O/c1-12-9-26-10-17(12)31(5)22(33)19-20(25)28-18(32(19)6)11-27-21-13-7-14(23(2,3)4)15(24)8-16(13)29-30-21/h7-8,12,17,26H,9-11H2,1-6H3,(H2,27,29,30). The molecule has 1 aliphatic rings. The van der Waals surface area contributed by atoms with Gasteiger partial charge in [-0.1, -0.05) is 50.9 Å². The van der Waals surface area contributed by atoms with E-state index in [0.717, 1.165) is 29.6 Å². The molecule has 178 valence electrons. The van der Waals surface area contributed by atoms with Crippen LogP contribution < -0.4 is 10.6 Å². The number of anilines is 1. The smallest absolute Gasteiger partial charge is 0.273 e. The first-order valence-corrected chi connectivity index (χ1v) is 11.9. The predicted octanol–water partition coefficient (Wildman–Crippen LogP) is 4.19. The molecule has 0 radical (unpaired) electrons. The van der Waals surface area contributed by atoms with Crippen molar-refractivity contribution in [3.05, 3.63) is 39.4 Å². The number of aromatic amines is 1. The van der Waals surface area contributed by atoms with E-state index in [1.54, 1.807) is 9.47 Å². The number of fused-ring (bicyclic) bond motifs is 1. The predicted molar refractivity (Wildman–Crippen MR) is 133 cm³/mol. The summed E-state index contributed by atoms with van der Waals surface area (Å²) in [6, 6.07) is 4.10. The Labute approximate surface area is 204 Å². The fraction of sp³-hybridized carbons (Fsp3) is 0.522. The molecule has 33 heavy (non-hydrogen) atoms. The Bertz CT molecular complexity index is 1190. The second-order valence-electron chi connectivity index (χ2n) is 9.90. The van der Waals surface area contributed by atoms with Crippen LogP contribution in [0.3, 0.4) is 0 Å². The van der Waals surface area contributed by atoms with Crippen LogP contribution >= 0.6 is 23.2 Å². The Morgan fingerprint density at radius 2 is 2.03 bits per heavy atom. The summed E-state index contributed by atoms with van der Waals surface area (Å²) >= 11 is 12.9. The normalized spacial score (nSPS) is 18.8. The van der Waals surface area contributed by atoms with Gasteiger partial charge in [-0.15, -0.1) is 0 Å². The lowest BCUT2D eigenvalue weighted by Gasteiger charge is -2.27. The van der Waals surface area contributed by atoms with Crippen molar-refractivity contribution < 1.29 is 4.79 Å². The van der Waals surface area contributed by atoms with Gasteiger partial charge in [0.1, 0.15) is 11.5 Å². The van der Waals surface area contributed by atoms with E-state index in [4.69, 9.17) is 23.2 Å². The fourth-order valence-electron chi connectivity index (χ4n) is 4.44. The molecule has 0 bridgehead atoms. The van der Waals surface area contributed by atoms with Crippen LogP contribution in [0.1, 0.15) is 49.6 Å². The minimum atomic E-state index is -0.128. The van der Waals surface area contributed by atoms with E-state index in [-0.39, 0.29) is 22.5 Å². The fourth-order valence-corrected chi connectivity index (χ4v) is 5.19. The zero-order valence-electron chi connectivity index (χ0n) is 19.9. The molecule has 1 fully saturated rings. The maximum atomic E-state index is 13.2. The molecule has 1 aliphatic heterocycles. The highest BCUT2D eigenvalue weighted by molar-refractivity contribution is 6.32. The average Bonchev–Trinajstić information content (AvgIpc) is 3.41. The third-order valence-corrected chi connectivity index (χ3v) is 7.09. The van der Waals surface area contributed by atoms with E-state index in [0.29, 0.717) is 34.8 Å². The molecule has 2 aromatic heterocycles. The van der Waals surface area contributed by atoms with Gasteiger partial charge in [-0.2, -0.15) is 5.10 Å². The molecule has 3 heterocycles. The molecule has 2 unspecified atom stereocenters. The molecule has 2 atom stereocenters. The van der Waals surface area contributed by atoms with Gasteiger partial charge in [-0.3, -0.25) is 9.89 Å². The molecule has 3 aromatic rings. The number of halogens is 2. The zero-order chi connectivity index (χ0) is 24.1. The Balaban J connectivity index is 1.56. The van der Waals surface area contributed by atoms with E-state index in [1.807, 2.05) is 20.2 Å². The highest BCUT2D eigenvalue weighted by atomic mass is 35.5. The van der Waals surface area contributed by atoms with E-state index in [1.165, 1.54) is 0 Å². The van der Waals surface area contributed by atoms with Crippen LogP contribution in [0.25, 0.3) is 10.9 Å². The number of benzene rings is 1. The number of carbonyl (C=O) groups excluding carboxylic acids is 1. The number of hydrogen-bond donors (Lipinski definition) is 3. The van der Waals surface area contributed by atoms with Gasteiger partial charge in [-0.05, 0) is 35.6 Å². The number of rotatable bonds is 5. The Kier molecular flexibility index (Phi) is 6.37. The van der Waals surface area contributed by atoms with Crippen LogP contribution in [0.4, 0.5) is 5.82 Å². The Morgan fingerprint density at radius 3 is 2.67 bits per heavy atom. The molecular weight excluding hydrogens is 461 g/mol. The summed E-state index contributed by atoms with van der Waals surface area (Å²) in [5.41, 5.74) is 2.20. The van der Waals surface area contributed by atoms with Gasteiger partial charge in [0.25, 0.3) is 5.91 Å². The topological polar surface area (TPSA) is 90.9 Å². The number of carbonyl (C=O) groups is 1. The molecule has 1 saturated heterocycles. The number of H-pyrrole nitrogens is 1. The van der Waals surface area contributed by atoms with Crippen molar-refractivity contribution in [1.29, 1.82) is 0 Å². The van der Waals surface area contributed by atoms with E-state index in [9.17, 15) is 4.79 Å². The largest absolute Gasteiger partial charge is 0.361 e. The molecule has 4 rings (SSSR count). The quantitative estimate of drug-likeness (QED) is 0.497. The molecule has 0 spiro atoms. The second-order valence-corrected chi connectivity index (χ2v) is 10.7. The molecule has 10 heteroatoms. The lowest BCUT2D eigenvalue weighted by molar-refractivity contribution is 0.0706. The number of hydrogen-bond acceptors (Lipinski definition) is 5. The van der Waals surface area contributed by atoms with Crippen molar-refractivity contribution in [3.8, 4) is 0 Å². The lowest BCUT2D eigenvalue weighted by Crippen LogP contribution is -2.42. The Hall–Kier alpha value is -2.29. The van der Waals surface area contributed by atoms with Crippen molar-refractivity contribution in [1.82, 2.24) is 30.0 Å². The van der Waals surface area contributed by atoms with Gasteiger partial charge in [0.15, 0.2) is 11.0 Å². The molecule has 3 N–H and O–H groups in total. The number of nitrogens with zero attached hydrogens (tertiary/aromatic N) is 4. The maximum absolute atomic E-state index is 13.2. The SMILES string of the molecule is CC1CNCC1N(C)C(=O)c1c(Cl)nc(CNc2n[nH]c3cc(Cl)c(C(C)(C)C)cc23)n1C. The zero-order valence-corrected chi connectivity index (χ0v) is 21.4. The van der Waals surface area contributed by atoms with Crippen molar-refractivity contribution in [3.63, 3.8) is 0 Å². The van der Waals surface area contributed by atoms with Gasteiger partial charge < -0.3 is 20.1 Å². The van der Waals surface area contributed by atoms with Crippen LogP contribution in [0, 0.1) is 5.92 Å². The molecular formula is C23H31Cl2N7O. The minimum Gasteiger partial charge on any atom is -0.361 e. The summed E-state index contributed by atoms with van der Waals surface area (Å²) < 4.78 is 1.76. The van der Waals surface area contributed by atoms with E-state index >= 15 is 0 Å². The number of nitrogens with one attached hydrogen (secondary N) is 3. The minimum absolute atomic E-state index is 0.0966. The second kappa shape index (κ2) is 8.81. The number of amides is 1. The lowest BCUT2D eigenvalue weighted by atomic mass is 9.86. The van der Waals surface area contributed by atoms with Gasteiger partial charge >= 0.3 is 0 Å². The van der Waals surface area contributed by atoms with Crippen molar-refractivity contribution >= 4 is 45.8 Å². The maximum Gasteiger partial charge on any atom is 0.273 e. The summed E-state index contributed by atoms with van der Waals surface area (Å²) in [5.74, 6) is 1.60. The van der Waals surface area contributed by atoms with Crippen molar-refractivity contribution in [2.24, 2.45) is 13.0 Å². The summed E-state index contributed by atoms with van der Waals surface area (Å²) in [7, 11) is 3.64. The van der Waals surface area contributed by atoms with Crippen LogP contribution in [0.15, 0.2) is 12.1 Å². The third kappa shape index (κ3) is 4.44. The average molecular weight is 492 g/mol. The summed E-state index contributed by atoms with van der Waals surface area (Å²) in [5, 5.41) is 16.0. The first-order valence-electron chi connectivity index (χ1n) is 11.1. The van der Waals surface area contributed by atoms with E-state index < -0.39 is 0 Å². The Morgan fingerprint density at radius 1 is 1.30 bits per heavy atom. The first-order chi connectivity index (χ1) is 15.5. The summed E-state index contributed by atoms with van der Waals surface area (Å²) in [6.45, 7) is 10.6. The van der Waals surface area contributed by atoms with E-state index in [2.05, 4.69) is 59.6 Å². The monoisotopic (exact) mass is 491 g/mol. The van der Waals surface area contributed by atoms with Crippen molar-refractivity contribution in [2.45, 2.75) is 45.7 Å². The van der Waals surface area contributed by atoms with Crippen molar-refractivity contribution in [2.75, 3.05) is 25.5 Å². The first kappa shape index (κ1) is 23.9. The molecule has 1 amide bonds.